The summed E-state index contributed by atoms with van der Waals surface area (Å²) in [6.07, 6.45) is 1.33. The standard InChI is InChI=1S/C17H22N2O4/c1-12-9-13(22-3)5-6-14(12)15(20)19-8-4-7-17(11-19)10-18(2)16(21)23-17/h5-6,9H,4,7-8,10-11H2,1-3H3/t17-/m0/s1. The summed E-state index contributed by atoms with van der Waals surface area (Å²) in [5.74, 6) is 0.718. The van der Waals surface area contributed by atoms with Crippen molar-refractivity contribution < 1.29 is 19.1 Å². The van der Waals surface area contributed by atoms with Crippen LogP contribution in [0.15, 0.2) is 18.2 Å². The minimum absolute atomic E-state index is 0.0187. The third kappa shape index (κ3) is 2.85. The van der Waals surface area contributed by atoms with Crippen molar-refractivity contribution >= 4 is 12.0 Å². The fourth-order valence-corrected chi connectivity index (χ4v) is 3.45. The Balaban J connectivity index is 1.79. The van der Waals surface area contributed by atoms with E-state index in [0.717, 1.165) is 24.2 Å². The molecule has 1 spiro atoms. The van der Waals surface area contributed by atoms with E-state index < -0.39 is 5.60 Å². The maximum atomic E-state index is 12.9. The van der Waals surface area contributed by atoms with Crippen LogP contribution >= 0.6 is 0 Å². The first-order valence-corrected chi connectivity index (χ1v) is 7.82. The molecule has 0 saturated carbocycles. The second kappa shape index (κ2) is 5.76. The van der Waals surface area contributed by atoms with Gasteiger partial charge in [-0.1, -0.05) is 0 Å². The fourth-order valence-electron chi connectivity index (χ4n) is 3.45. The van der Waals surface area contributed by atoms with Crippen LogP contribution in [0.4, 0.5) is 4.79 Å². The molecule has 2 heterocycles. The Bertz CT molecular complexity index is 645. The number of nitrogens with zero attached hydrogens (tertiary/aromatic N) is 2. The van der Waals surface area contributed by atoms with Gasteiger partial charge in [0.15, 0.2) is 0 Å². The maximum Gasteiger partial charge on any atom is 0.410 e. The average molecular weight is 318 g/mol. The van der Waals surface area contributed by atoms with E-state index in [-0.39, 0.29) is 12.0 Å². The lowest BCUT2D eigenvalue weighted by atomic mass is 9.92. The minimum Gasteiger partial charge on any atom is -0.497 e. The normalized spacial score (nSPS) is 24.0. The molecule has 1 aromatic rings. The number of carbonyl (C=O) groups is 2. The number of aryl methyl sites for hydroxylation is 1. The van der Waals surface area contributed by atoms with Gasteiger partial charge in [-0.25, -0.2) is 4.79 Å². The number of rotatable bonds is 2. The number of piperidine rings is 1. The van der Waals surface area contributed by atoms with Crippen molar-refractivity contribution in [3.63, 3.8) is 0 Å². The SMILES string of the molecule is COc1ccc(C(=O)N2CCC[C@]3(CN(C)C(=O)O3)C2)c(C)c1. The number of hydrogen-bond donors (Lipinski definition) is 0. The molecule has 6 nitrogen and oxygen atoms in total. The number of hydrogen-bond acceptors (Lipinski definition) is 4. The van der Waals surface area contributed by atoms with Crippen LogP contribution in [0.3, 0.4) is 0 Å². The molecule has 0 unspecified atom stereocenters. The summed E-state index contributed by atoms with van der Waals surface area (Å²) in [5.41, 5.74) is 0.996. The molecular formula is C17H22N2O4. The topological polar surface area (TPSA) is 59.1 Å². The predicted octanol–water partition coefficient (Wildman–Crippen LogP) is 2.06. The molecule has 2 aliphatic heterocycles. The second-order valence-corrected chi connectivity index (χ2v) is 6.42. The van der Waals surface area contributed by atoms with Gasteiger partial charge in [-0.3, -0.25) is 4.79 Å². The molecule has 2 aliphatic rings. The summed E-state index contributed by atoms with van der Waals surface area (Å²) in [7, 11) is 3.33. The summed E-state index contributed by atoms with van der Waals surface area (Å²) in [5, 5.41) is 0. The number of likely N-dealkylation sites (N-methyl/N-ethyl adjacent to an activating group) is 1. The summed E-state index contributed by atoms with van der Waals surface area (Å²) in [6, 6.07) is 5.45. The molecule has 2 saturated heterocycles. The van der Waals surface area contributed by atoms with E-state index in [1.54, 1.807) is 36.1 Å². The zero-order valence-electron chi connectivity index (χ0n) is 13.8. The van der Waals surface area contributed by atoms with Crippen LogP contribution in [0.25, 0.3) is 0 Å². The molecule has 2 fully saturated rings. The van der Waals surface area contributed by atoms with Crippen LogP contribution in [0.2, 0.25) is 0 Å². The molecule has 0 N–H and O–H groups in total. The molecule has 3 rings (SSSR count). The molecule has 0 aliphatic carbocycles. The van der Waals surface area contributed by atoms with E-state index in [1.165, 1.54) is 0 Å². The highest BCUT2D eigenvalue weighted by atomic mass is 16.6. The number of likely N-dealkylation sites (tertiary alicyclic amines) is 1. The molecule has 0 bridgehead atoms. The molecule has 0 radical (unpaired) electrons. The summed E-state index contributed by atoms with van der Waals surface area (Å²) < 4.78 is 10.7. The van der Waals surface area contributed by atoms with Gasteiger partial charge in [-0.2, -0.15) is 0 Å². The molecule has 0 aromatic heterocycles. The van der Waals surface area contributed by atoms with Crippen molar-refractivity contribution in [2.24, 2.45) is 0 Å². The quantitative estimate of drug-likeness (QED) is 0.837. The Labute approximate surface area is 136 Å². The van der Waals surface area contributed by atoms with E-state index in [4.69, 9.17) is 9.47 Å². The van der Waals surface area contributed by atoms with Gasteiger partial charge < -0.3 is 19.3 Å². The second-order valence-electron chi connectivity index (χ2n) is 6.42. The molecule has 124 valence electrons. The van der Waals surface area contributed by atoms with Crippen LogP contribution in [0, 0.1) is 6.92 Å². The Morgan fingerprint density at radius 2 is 2.13 bits per heavy atom. The van der Waals surface area contributed by atoms with Gasteiger partial charge in [0.2, 0.25) is 0 Å². The van der Waals surface area contributed by atoms with Gasteiger partial charge in [0.05, 0.1) is 20.2 Å². The molecule has 6 heteroatoms. The van der Waals surface area contributed by atoms with Gasteiger partial charge in [0, 0.05) is 19.2 Å². The average Bonchev–Trinajstić information content (AvgIpc) is 2.80. The van der Waals surface area contributed by atoms with Gasteiger partial charge in [-0.15, -0.1) is 0 Å². The number of ether oxygens (including phenoxy) is 2. The summed E-state index contributed by atoms with van der Waals surface area (Å²) >= 11 is 0. The van der Waals surface area contributed by atoms with E-state index in [2.05, 4.69) is 0 Å². The van der Waals surface area contributed by atoms with Crippen molar-refractivity contribution in [2.75, 3.05) is 33.8 Å². The Kier molecular flexibility index (Phi) is 3.92. The van der Waals surface area contributed by atoms with Crippen LogP contribution < -0.4 is 4.74 Å². The molecule has 2 amide bonds. The van der Waals surface area contributed by atoms with Gasteiger partial charge in [-0.05, 0) is 43.5 Å². The lowest BCUT2D eigenvalue weighted by Gasteiger charge is -2.38. The fraction of sp³-hybridized carbons (Fsp3) is 0.529. The first-order chi connectivity index (χ1) is 10.9. The highest BCUT2D eigenvalue weighted by Crippen LogP contribution is 2.32. The van der Waals surface area contributed by atoms with E-state index >= 15 is 0 Å². The summed E-state index contributed by atoms with van der Waals surface area (Å²) in [4.78, 5) is 27.9. The van der Waals surface area contributed by atoms with Crippen LogP contribution in [0.5, 0.6) is 5.75 Å². The smallest absolute Gasteiger partial charge is 0.410 e. The van der Waals surface area contributed by atoms with Gasteiger partial charge >= 0.3 is 6.09 Å². The van der Waals surface area contributed by atoms with E-state index in [1.807, 2.05) is 13.0 Å². The van der Waals surface area contributed by atoms with Crippen molar-refractivity contribution in [1.82, 2.24) is 9.80 Å². The number of amides is 2. The highest BCUT2D eigenvalue weighted by Gasteiger charge is 2.47. The van der Waals surface area contributed by atoms with Crippen LogP contribution in [0.1, 0.15) is 28.8 Å². The van der Waals surface area contributed by atoms with Crippen LogP contribution in [-0.4, -0.2) is 61.2 Å². The van der Waals surface area contributed by atoms with E-state index in [9.17, 15) is 9.59 Å². The van der Waals surface area contributed by atoms with Crippen molar-refractivity contribution in [1.29, 1.82) is 0 Å². The zero-order valence-corrected chi connectivity index (χ0v) is 13.8. The van der Waals surface area contributed by atoms with Crippen molar-refractivity contribution in [2.45, 2.75) is 25.4 Å². The maximum absolute atomic E-state index is 12.9. The Morgan fingerprint density at radius 3 is 2.74 bits per heavy atom. The first kappa shape index (κ1) is 15.6. The molecule has 23 heavy (non-hydrogen) atoms. The van der Waals surface area contributed by atoms with Gasteiger partial charge in [0.1, 0.15) is 11.4 Å². The van der Waals surface area contributed by atoms with Crippen molar-refractivity contribution in [3.8, 4) is 5.75 Å². The van der Waals surface area contributed by atoms with Crippen molar-refractivity contribution in [3.05, 3.63) is 29.3 Å². The number of carbonyl (C=O) groups excluding carboxylic acids is 2. The minimum atomic E-state index is -0.555. The number of benzene rings is 1. The molecular weight excluding hydrogens is 296 g/mol. The molecule has 1 atom stereocenters. The van der Waals surface area contributed by atoms with E-state index in [0.29, 0.717) is 25.2 Å². The summed E-state index contributed by atoms with van der Waals surface area (Å²) in [6.45, 7) is 3.58. The third-order valence-corrected chi connectivity index (χ3v) is 4.63. The Morgan fingerprint density at radius 1 is 1.35 bits per heavy atom. The monoisotopic (exact) mass is 318 g/mol. The van der Waals surface area contributed by atoms with Gasteiger partial charge in [0.25, 0.3) is 5.91 Å². The first-order valence-electron chi connectivity index (χ1n) is 7.82. The zero-order chi connectivity index (χ0) is 16.6. The lowest BCUT2D eigenvalue weighted by Crippen LogP contribution is -2.52. The number of methoxy groups -OCH3 is 1. The van der Waals surface area contributed by atoms with Crippen LogP contribution in [-0.2, 0) is 4.74 Å². The highest BCUT2D eigenvalue weighted by molar-refractivity contribution is 5.96. The Hall–Kier alpha value is -2.24. The largest absolute Gasteiger partial charge is 0.497 e. The third-order valence-electron chi connectivity index (χ3n) is 4.63. The lowest BCUT2D eigenvalue weighted by molar-refractivity contribution is -0.00524. The molecule has 1 aromatic carbocycles. The predicted molar refractivity (Wildman–Crippen MR) is 84.7 cm³/mol.